The lowest BCUT2D eigenvalue weighted by atomic mass is 10.1. The van der Waals surface area contributed by atoms with E-state index in [-0.39, 0.29) is 24.2 Å². The molecule has 2 heterocycles. The first kappa shape index (κ1) is 18.5. The Bertz CT molecular complexity index is 792. The molecule has 8 heteroatoms. The molecule has 7 nitrogen and oxygen atoms in total. The van der Waals surface area contributed by atoms with Gasteiger partial charge in [0.25, 0.3) is 0 Å². The van der Waals surface area contributed by atoms with Crippen molar-refractivity contribution >= 4 is 28.3 Å². The van der Waals surface area contributed by atoms with Gasteiger partial charge in [0.1, 0.15) is 11.6 Å². The Labute approximate surface area is 156 Å². The van der Waals surface area contributed by atoms with Crippen LogP contribution in [-0.4, -0.2) is 42.2 Å². The molecular formula is C18H22N4O3S. The molecule has 0 bridgehead atoms. The smallest absolute Gasteiger partial charge is 0.229 e. The van der Waals surface area contributed by atoms with Crippen LogP contribution in [0.5, 0.6) is 0 Å². The number of nitrogens with zero attached hydrogens (tertiary/aromatic N) is 3. The number of hydrogen-bond acceptors (Lipinski definition) is 6. The summed E-state index contributed by atoms with van der Waals surface area (Å²) in [5.41, 5.74) is 2.43. The minimum atomic E-state index is -0.353. The summed E-state index contributed by atoms with van der Waals surface area (Å²) in [7, 11) is 1.58. The van der Waals surface area contributed by atoms with E-state index >= 15 is 0 Å². The van der Waals surface area contributed by atoms with Gasteiger partial charge in [-0.25, -0.2) is 0 Å². The van der Waals surface area contributed by atoms with Crippen LogP contribution in [0.3, 0.4) is 0 Å². The number of nitrogens with one attached hydrogen (secondary N) is 1. The van der Waals surface area contributed by atoms with E-state index in [4.69, 9.17) is 4.74 Å². The maximum Gasteiger partial charge on any atom is 0.229 e. The average molecular weight is 374 g/mol. The highest BCUT2D eigenvalue weighted by molar-refractivity contribution is 7.15. The zero-order chi connectivity index (χ0) is 18.5. The lowest BCUT2D eigenvalue weighted by molar-refractivity contribution is -0.126. The van der Waals surface area contributed by atoms with Crippen molar-refractivity contribution in [3.05, 3.63) is 40.4 Å². The Kier molecular flexibility index (Phi) is 5.95. The van der Waals surface area contributed by atoms with Crippen molar-refractivity contribution in [2.75, 3.05) is 25.1 Å². The Hall–Kier alpha value is -2.32. The van der Waals surface area contributed by atoms with Crippen LogP contribution in [0.2, 0.25) is 0 Å². The van der Waals surface area contributed by atoms with Crippen LogP contribution in [0.1, 0.15) is 22.6 Å². The van der Waals surface area contributed by atoms with Gasteiger partial charge >= 0.3 is 0 Å². The number of methoxy groups -OCH3 is 1. The highest BCUT2D eigenvalue weighted by Gasteiger charge is 2.36. The first-order valence-corrected chi connectivity index (χ1v) is 9.34. The van der Waals surface area contributed by atoms with Crippen molar-refractivity contribution < 1.29 is 14.3 Å². The number of amides is 2. The third kappa shape index (κ3) is 4.25. The van der Waals surface area contributed by atoms with E-state index < -0.39 is 0 Å². The van der Waals surface area contributed by atoms with Crippen LogP contribution < -0.4 is 10.2 Å². The van der Waals surface area contributed by atoms with Gasteiger partial charge in [0.05, 0.1) is 5.92 Å². The van der Waals surface area contributed by atoms with E-state index in [1.165, 1.54) is 22.5 Å². The molecule has 0 aliphatic carbocycles. The van der Waals surface area contributed by atoms with Crippen molar-refractivity contribution in [1.82, 2.24) is 15.5 Å². The summed E-state index contributed by atoms with van der Waals surface area (Å²) in [5.74, 6) is -0.533. The molecule has 0 spiro atoms. The van der Waals surface area contributed by atoms with Crippen molar-refractivity contribution in [3.8, 4) is 0 Å². The number of rotatable bonds is 7. The molecule has 1 N–H and O–H groups in total. The van der Waals surface area contributed by atoms with E-state index in [0.29, 0.717) is 29.8 Å². The van der Waals surface area contributed by atoms with Gasteiger partial charge < -0.3 is 10.1 Å². The molecule has 1 atom stereocenters. The zero-order valence-electron chi connectivity index (χ0n) is 14.9. The molecule has 0 radical (unpaired) electrons. The molecule has 3 rings (SSSR count). The van der Waals surface area contributed by atoms with Crippen molar-refractivity contribution in [2.45, 2.75) is 26.4 Å². The Balaban J connectivity index is 1.52. The van der Waals surface area contributed by atoms with Gasteiger partial charge in [-0.1, -0.05) is 35.6 Å². The van der Waals surface area contributed by atoms with E-state index in [1.807, 2.05) is 12.1 Å². The zero-order valence-corrected chi connectivity index (χ0v) is 15.7. The van der Waals surface area contributed by atoms with Crippen molar-refractivity contribution in [1.29, 1.82) is 0 Å². The summed E-state index contributed by atoms with van der Waals surface area (Å²) in [6.45, 7) is 3.33. The number of aryl methyl sites for hydroxylation is 1. The number of aromatic nitrogens is 2. The van der Waals surface area contributed by atoms with E-state index in [0.717, 1.165) is 6.42 Å². The number of ether oxygens (including phenoxy) is 1. The first-order chi connectivity index (χ1) is 12.6. The molecule has 1 fully saturated rings. The molecule has 0 saturated carbocycles. The summed E-state index contributed by atoms with van der Waals surface area (Å²) in [4.78, 5) is 26.2. The number of carbonyl (C=O) groups is 2. The average Bonchev–Trinajstić information content (AvgIpc) is 3.23. The van der Waals surface area contributed by atoms with Gasteiger partial charge in [-0.2, -0.15) is 0 Å². The molecule has 138 valence electrons. The first-order valence-electron chi connectivity index (χ1n) is 8.52. The van der Waals surface area contributed by atoms with Gasteiger partial charge in [0, 0.05) is 26.6 Å². The Morgan fingerprint density at radius 2 is 2.19 bits per heavy atom. The second-order valence-electron chi connectivity index (χ2n) is 6.28. The number of hydrogen-bond donors (Lipinski definition) is 1. The molecule has 1 unspecified atom stereocenters. The maximum atomic E-state index is 12.4. The fourth-order valence-corrected chi connectivity index (χ4v) is 3.80. The van der Waals surface area contributed by atoms with Gasteiger partial charge in [-0.05, 0) is 24.5 Å². The van der Waals surface area contributed by atoms with Crippen LogP contribution in [0.4, 0.5) is 5.13 Å². The predicted octanol–water partition coefficient (Wildman–Crippen LogP) is 1.70. The molecule has 2 amide bonds. The SMILES string of the molecule is COCc1nnc(N2CC(C(=O)NCCc3ccccc3C)CC2=O)s1. The molecule has 1 aliphatic rings. The normalized spacial score (nSPS) is 16.9. The number of benzene rings is 1. The largest absolute Gasteiger partial charge is 0.377 e. The number of carbonyl (C=O) groups excluding carboxylic acids is 2. The summed E-state index contributed by atoms with van der Waals surface area (Å²) < 4.78 is 5.02. The third-order valence-corrected chi connectivity index (χ3v) is 5.33. The quantitative estimate of drug-likeness (QED) is 0.797. The second-order valence-corrected chi connectivity index (χ2v) is 7.32. The van der Waals surface area contributed by atoms with Gasteiger partial charge in [-0.3, -0.25) is 14.5 Å². The van der Waals surface area contributed by atoms with Crippen LogP contribution in [0.15, 0.2) is 24.3 Å². The third-order valence-electron chi connectivity index (χ3n) is 4.41. The molecule has 1 aliphatic heterocycles. The van der Waals surface area contributed by atoms with Gasteiger partial charge in [0.2, 0.25) is 16.9 Å². The molecular weight excluding hydrogens is 352 g/mol. The highest BCUT2D eigenvalue weighted by atomic mass is 32.1. The molecule has 2 aromatic rings. The summed E-state index contributed by atoms with van der Waals surface area (Å²) in [5, 5.41) is 12.2. The van der Waals surface area contributed by atoms with Crippen LogP contribution in [0, 0.1) is 12.8 Å². The molecule has 26 heavy (non-hydrogen) atoms. The lowest BCUT2D eigenvalue weighted by Crippen LogP contribution is -2.34. The summed E-state index contributed by atoms with van der Waals surface area (Å²) in [6.07, 6.45) is 0.981. The number of anilines is 1. The van der Waals surface area contributed by atoms with Gasteiger partial charge in [0.15, 0.2) is 0 Å². The fourth-order valence-electron chi connectivity index (χ4n) is 2.96. The highest BCUT2D eigenvalue weighted by Crippen LogP contribution is 2.28. The van der Waals surface area contributed by atoms with Crippen LogP contribution >= 0.6 is 11.3 Å². The summed E-state index contributed by atoms with van der Waals surface area (Å²) in [6, 6.07) is 8.12. The van der Waals surface area contributed by atoms with E-state index in [2.05, 4.69) is 34.6 Å². The summed E-state index contributed by atoms with van der Waals surface area (Å²) >= 11 is 1.32. The van der Waals surface area contributed by atoms with Gasteiger partial charge in [-0.15, -0.1) is 10.2 Å². The monoisotopic (exact) mass is 374 g/mol. The van der Waals surface area contributed by atoms with Crippen LogP contribution in [0.25, 0.3) is 0 Å². The Morgan fingerprint density at radius 1 is 1.38 bits per heavy atom. The second kappa shape index (κ2) is 8.37. The topological polar surface area (TPSA) is 84.4 Å². The maximum absolute atomic E-state index is 12.4. The van der Waals surface area contributed by atoms with Crippen molar-refractivity contribution in [2.24, 2.45) is 5.92 Å². The predicted molar refractivity (Wildman–Crippen MR) is 99.0 cm³/mol. The van der Waals surface area contributed by atoms with Crippen molar-refractivity contribution in [3.63, 3.8) is 0 Å². The minimum absolute atomic E-state index is 0.0870. The standard InChI is InChI=1S/C18H22N4O3S/c1-12-5-3-4-6-13(12)7-8-19-17(24)14-9-16(23)22(10-14)18-21-20-15(26-18)11-25-2/h3-6,14H,7-11H2,1-2H3,(H,19,24). The van der Waals surface area contributed by atoms with E-state index in [9.17, 15) is 9.59 Å². The molecule has 1 saturated heterocycles. The minimum Gasteiger partial charge on any atom is -0.377 e. The fraction of sp³-hybridized carbons (Fsp3) is 0.444. The van der Waals surface area contributed by atoms with E-state index in [1.54, 1.807) is 12.0 Å². The molecule has 1 aromatic heterocycles. The lowest BCUT2D eigenvalue weighted by Gasteiger charge is -2.13. The van der Waals surface area contributed by atoms with Crippen LogP contribution in [-0.2, 0) is 27.4 Å². The molecule has 1 aromatic carbocycles. The Morgan fingerprint density at radius 3 is 2.96 bits per heavy atom.